The number of aliphatic carboxylic acids is 1. The first-order chi connectivity index (χ1) is 9.60. The summed E-state index contributed by atoms with van der Waals surface area (Å²) in [5, 5.41) is 9.24. The molecule has 1 rings (SSSR count). The van der Waals surface area contributed by atoms with Crippen LogP contribution in [-0.4, -0.2) is 25.5 Å². The van der Waals surface area contributed by atoms with E-state index in [9.17, 15) is 18.3 Å². The molecule has 1 aromatic rings. The van der Waals surface area contributed by atoms with Crippen LogP contribution in [0.5, 0.6) is 0 Å². The zero-order chi connectivity index (χ0) is 16.4. The minimum atomic E-state index is -3.87. The Morgan fingerprint density at radius 2 is 1.71 bits per heavy atom. The van der Waals surface area contributed by atoms with Crippen molar-refractivity contribution in [1.29, 1.82) is 0 Å². The molecule has 118 valence electrons. The fourth-order valence-electron chi connectivity index (χ4n) is 2.46. The first-order valence-corrected chi connectivity index (χ1v) is 8.41. The van der Waals surface area contributed by atoms with Gasteiger partial charge in [0.1, 0.15) is 6.04 Å². The third-order valence-corrected chi connectivity index (χ3v) is 5.38. The molecular weight excluding hydrogens is 290 g/mol. The van der Waals surface area contributed by atoms with E-state index in [0.717, 1.165) is 5.56 Å². The fourth-order valence-corrected chi connectivity index (χ4v) is 4.21. The van der Waals surface area contributed by atoms with E-state index >= 15 is 0 Å². The molecule has 0 saturated heterocycles. The third-order valence-electron chi connectivity index (χ3n) is 3.63. The molecule has 0 aromatic heterocycles. The number of carboxylic acids is 1. The zero-order valence-electron chi connectivity index (χ0n) is 13.1. The molecule has 0 aliphatic carbocycles. The standard InChI is InChI=1S/C15H23NO4S/c1-6-10(3)13(15(17)18)16-21(19,20)14-11(4)7-9(2)8-12(14)5/h7-8,10,13,16H,6H2,1-5H3,(H,17,18). The van der Waals surface area contributed by atoms with Crippen LogP contribution >= 0.6 is 0 Å². The van der Waals surface area contributed by atoms with Crippen LogP contribution in [0.1, 0.15) is 37.0 Å². The van der Waals surface area contributed by atoms with Gasteiger partial charge in [-0.05, 0) is 37.8 Å². The van der Waals surface area contributed by atoms with Crippen molar-refractivity contribution in [3.8, 4) is 0 Å². The largest absolute Gasteiger partial charge is 0.480 e. The summed E-state index contributed by atoms with van der Waals surface area (Å²) >= 11 is 0. The van der Waals surface area contributed by atoms with Crippen molar-refractivity contribution in [2.75, 3.05) is 0 Å². The second kappa shape index (κ2) is 6.58. The molecule has 5 nitrogen and oxygen atoms in total. The predicted octanol–water partition coefficient (Wildman–Crippen LogP) is 2.39. The average molecular weight is 313 g/mol. The predicted molar refractivity (Wildman–Crippen MR) is 81.9 cm³/mol. The van der Waals surface area contributed by atoms with Gasteiger partial charge < -0.3 is 5.11 Å². The van der Waals surface area contributed by atoms with Gasteiger partial charge in [-0.25, -0.2) is 8.42 Å². The lowest BCUT2D eigenvalue weighted by Crippen LogP contribution is -2.45. The van der Waals surface area contributed by atoms with Crippen LogP contribution in [-0.2, 0) is 14.8 Å². The molecule has 0 bridgehead atoms. The number of aryl methyl sites for hydroxylation is 3. The summed E-state index contributed by atoms with van der Waals surface area (Å²) in [6.07, 6.45) is 0.575. The Morgan fingerprint density at radius 3 is 2.10 bits per heavy atom. The van der Waals surface area contributed by atoms with Crippen LogP contribution < -0.4 is 4.72 Å². The number of hydrogen-bond acceptors (Lipinski definition) is 3. The lowest BCUT2D eigenvalue weighted by molar-refractivity contribution is -0.140. The van der Waals surface area contributed by atoms with Crippen LogP contribution in [0.2, 0.25) is 0 Å². The second-order valence-corrected chi connectivity index (χ2v) is 7.20. The van der Waals surface area contributed by atoms with Gasteiger partial charge in [0.15, 0.2) is 0 Å². The molecule has 2 unspecified atom stereocenters. The lowest BCUT2D eigenvalue weighted by Gasteiger charge is -2.21. The van der Waals surface area contributed by atoms with Gasteiger partial charge >= 0.3 is 5.97 Å². The maximum absolute atomic E-state index is 12.5. The van der Waals surface area contributed by atoms with Gasteiger partial charge in [-0.1, -0.05) is 38.0 Å². The minimum Gasteiger partial charge on any atom is -0.480 e. The number of sulfonamides is 1. The normalized spacial score (nSPS) is 14.7. The summed E-state index contributed by atoms with van der Waals surface area (Å²) in [6.45, 7) is 8.87. The average Bonchev–Trinajstić information content (AvgIpc) is 2.33. The van der Waals surface area contributed by atoms with E-state index in [-0.39, 0.29) is 10.8 Å². The van der Waals surface area contributed by atoms with E-state index in [1.165, 1.54) is 0 Å². The van der Waals surface area contributed by atoms with Gasteiger partial charge in [0.05, 0.1) is 4.90 Å². The van der Waals surface area contributed by atoms with Crippen molar-refractivity contribution >= 4 is 16.0 Å². The summed E-state index contributed by atoms with van der Waals surface area (Å²) in [5.41, 5.74) is 2.21. The number of nitrogens with one attached hydrogen (secondary N) is 1. The maximum atomic E-state index is 12.5. The molecule has 0 heterocycles. The van der Waals surface area contributed by atoms with Crippen molar-refractivity contribution < 1.29 is 18.3 Å². The highest BCUT2D eigenvalue weighted by molar-refractivity contribution is 7.89. The van der Waals surface area contributed by atoms with Crippen molar-refractivity contribution in [1.82, 2.24) is 4.72 Å². The molecule has 0 aliphatic rings. The topological polar surface area (TPSA) is 83.5 Å². The molecule has 2 N–H and O–H groups in total. The molecule has 0 spiro atoms. The zero-order valence-corrected chi connectivity index (χ0v) is 13.9. The summed E-state index contributed by atoms with van der Waals surface area (Å²) < 4.78 is 27.4. The van der Waals surface area contributed by atoms with Gasteiger partial charge in [0, 0.05) is 0 Å². The van der Waals surface area contributed by atoms with Crippen molar-refractivity contribution in [3.05, 3.63) is 28.8 Å². The Balaban J connectivity index is 3.26. The van der Waals surface area contributed by atoms with Gasteiger partial charge in [-0.15, -0.1) is 0 Å². The van der Waals surface area contributed by atoms with E-state index in [1.54, 1.807) is 32.9 Å². The maximum Gasteiger partial charge on any atom is 0.322 e. The Hall–Kier alpha value is -1.40. The van der Waals surface area contributed by atoms with Gasteiger partial charge in [0.2, 0.25) is 10.0 Å². The number of hydrogen-bond donors (Lipinski definition) is 2. The number of carboxylic acid groups (broad SMARTS) is 1. The molecule has 0 fully saturated rings. The smallest absolute Gasteiger partial charge is 0.322 e. The van der Waals surface area contributed by atoms with Gasteiger partial charge in [-0.3, -0.25) is 4.79 Å². The lowest BCUT2D eigenvalue weighted by atomic mass is 10.0. The van der Waals surface area contributed by atoms with Gasteiger partial charge in [0.25, 0.3) is 0 Å². The molecule has 6 heteroatoms. The Bertz CT molecular complexity index is 614. The minimum absolute atomic E-state index is 0.169. The number of carbonyl (C=O) groups is 1. The van der Waals surface area contributed by atoms with Crippen LogP contribution in [0.4, 0.5) is 0 Å². The van der Waals surface area contributed by atoms with Crippen molar-refractivity contribution in [2.45, 2.75) is 52.0 Å². The van der Waals surface area contributed by atoms with E-state index in [4.69, 9.17) is 0 Å². The molecule has 0 amide bonds. The molecule has 21 heavy (non-hydrogen) atoms. The van der Waals surface area contributed by atoms with E-state index in [0.29, 0.717) is 17.5 Å². The van der Waals surface area contributed by atoms with E-state index < -0.39 is 22.0 Å². The molecule has 2 atom stereocenters. The molecular formula is C15H23NO4S. The summed E-state index contributed by atoms with van der Waals surface area (Å²) in [7, 11) is -3.87. The van der Waals surface area contributed by atoms with Crippen molar-refractivity contribution in [3.63, 3.8) is 0 Å². The Labute approximate surface area is 126 Å². The van der Waals surface area contributed by atoms with Crippen LogP contribution in [0.3, 0.4) is 0 Å². The monoisotopic (exact) mass is 313 g/mol. The fraction of sp³-hybridized carbons (Fsp3) is 0.533. The first kappa shape index (κ1) is 17.7. The van der Waals surface area contributed by atoms with Crippen LogP contribution in [0, 0.1) is 26.7 Å². The van der Waals surface area contributed by atoms with Crippen molar-refractivity contribution in [2.24, 2.45) is 5.92 Å². The quantitative estimate of drug-likeness (QED) is 0.844. The Morgan fingerprint density at radius 1 is 1.24 bits per heavy atom. The second-order valence-electron chi connectivity index (χ2n) is 5.55. The third kappa shape index (κ3) is 4.04. The number of benzene rings is 1. The highest BCUT2D eigenvalue weighted by atomic mass is 32.2. The summed E-state index contributed by atoms with van der Waals surface area (Å²) in [4.78, 5) is 11.5. The van der Waals surface area contributed by atoms with E-state index in [2.05, 4.69) is 4.72 Å². The first-order valence-electron chi connectivity index (χ1n) is 6.93. The molecule has 0 radical (unpaired) electrons. The van der Waals surface area contributed by atoms with E-state index in [1.807, 2.05) is 13.8 Å². The summed E-state index contributed by atoms with van der Waals surface area (Å²) in [5.74, 6) is -1.45. The molecule has 1 aromatic carbocycles. The molecule has 0 saturated carbocycles. The van der Waals surface area contributed by atoms with Crippen LogP contribution in [0.15, 0.2) is 17.0 Å². The van der Waals surface area contributed by atoms with Crippen LogP contribution in [0.25, 0.3) is 0 Å². The summed E-state index contributed by atoms with van der Waals surface area (Å²) in [6, 6.07) is 2.43. The highest BCUT2D eigenvalue weighted by Crippen LogP contribution is 2.23. The molecule has 0 aliphatic heterocycles. The highest BCUT2D eigenvalue weighted by Gasteiger charge is 2.30. The SMILES string of the molecule is CCC(C)C(NS(=O)(=O)c1c(C)cc(C)cc1C)C(=O)O. The van der Waals surface area contributed by atoms with Gasteiger partial charge in [-0.2, -0.15) is 4.72 Å². The Kier molecular flexibility index (Phi) is 5.53. The number of rotatable bonds is 6.